The van der Waals surface area contributed by atoms with Crippen molar-refractivity contribution in [1.82, 2.24) is 5.32 Å². The fourth-order valence-electron chi connectivity index (χ4n) is 8.64. The Balaban J connectivity index is 5.17. The predicted molar refractivity (Wildman–Crippen MR) is 312 cm³/mol. The summed E-state index contributed by atoms with van der Waals surface area (Å²) in [7, 11) is 1.17. The Morgan fingerprint density at radius 1 is 0.479 bits per heavy atom. The summed E-state index contributed by atoms with van der Waals surface area (Å²) in [5.41, 5.74) is 0. The van der Waals surface area contributed by atoms with Crippen molar-refractivity contribution in [2.45, 2.75) is 290 Å². The van der Waals surface area contributed by atoms with Gasteiger partial charge in [-0.2, -0.15) is 0 Å². The molecule has 10 heteroatoms. The van der Waals surface area contributed by atoms with Gasteiger partial charge in [-0.05, 0) is 96.0 Å². The molecule has 0 spiro atoms. The minimum atomic E-state index is -4.70. The maximum absolute atomic E-state index is 13.5. The molecular weight excluding hydrogens is 928 g/mol. The van der Waals surface area contributed by atoms with Crippen molar-refractivity contribution in [3.8, 4) is 0 Å². The number of phosphoric acid groups is 1. The molecule has 0 aliphatic heterocycles. The number of allylic oxidation sites excluding steroid dienone is 9. The zero-order chi connectivity index (χ0) is 53.6. The van der Waals surface area contributed by atoms with Crippen LogP contribution in [0.3, 0.4) is 0 Å². The van der Waals surface area contributed by atoms with Crippen molar-refractivity contribution in [2.75, 3.05) is 40.9 Å². The van der Waals surface area contributed by atoms with Gasteiger partial charge >= 0.3 is 5.97 Å². The largest absolute Gasteiger partial charge is 0.756 e. The second kappa shape index (κ2) is 53.1. The highest BCUT2D eigenvalue weighted by molar-refractivity contribution is 7.45. The molecule has 0 aliphatic carbocycles. The third-order valence-electron chi connectivity index (χ3n) is 13.4. The van der Waals surface area contributed by atoms with Crippen LogP contribution < -0.4 is 10.2 Å². The molecule has 73 heavy (non-hydrogen) atoms. The highest BCUT2D eigenvalue weighted by atomic mass is 31.2. The third kappa shape index (κ3) is 54.3. The number of ether oxygens (including phenoxy) is 1. The molecule has 0 fully saturated rings. The van der Waals surface area contributed by atoms with E-state index in [0.717, 1.165) is 89.9 Å². The summed E-state index contributed by atoms with van der Waals surface area (Å²) < 4.78 is 30.2. The van der Waals surface area contributed by atoms with E-state index in [-0.39, 0.29) is 24.9 Å². The van der Waals surface area contributed by atoms with Gasteiger partial charge in [-0.3, -0.25) is 14.2 Å². The molecule has 0 rings (SSSR count). The van der Waals surface area contributed by atoms with Gasteiger partial charge in [0.15, 0.2) is 0 Å². The molecule has 0 aromatic heterocycles. The quantitative estimate of drug-likeness (QED) is 0.0212. The van der Waals surface area contributed by atoms with E-state index < -0.39 is 26.6 Å². The smallest absolute Gasteiger partial charge is 0.306 e. The molecule has 1 N–H and O–H groups in total. The van der Waals surface area contributed by atoms with Gasteiger partial charge in [0.2, 0.25) is 5.91 Å². The summed E-state index contributed by atoms with van der Waals surface area (Å²) >= 11 is 0. The average Bonchev–Trinajstić information content (AvgIpc) is 3.35. The standard InChI is InChI=1S/C63H117N2O7P/c1-7-10-13-16-19-22-25-27-28-29-30-31-32-33-34-35-36-38-40-43-46-49-52-55-62(66)64-60(59-71-73(68,69)70-58-57-65(4,5)6)61(54-51-48-45-42-39-24-21-18-15-12-9-3)72-63(67)56-53-50-47-44-41-37-26-23-20-17-14-11-8-2/h19,22,27-28,30-31,37,41,51,54,60-61H,7-18,20-21,23-26,29,32-36,38-40,42-50,52-53,55-59H2,1-6H3,(H-,64,66,68,69)/b22-19-,28-27-,31-30-,41-37-,54-51-. The number of quaternary nitrogens is 1. The van der Waals surface area contributed by atoms with E-state index in [9.17, 15) is 19.0 Å². The molecule has 0 bridgehead atoms. The van der Waals surface area contributed by atoms with Gasteiger partial charge in [-0.25, -0.2) is 0 Å². The molecule has 1 amide bonds. The number of nitrogens with zero attached hydrogens (tertiary/aromatic N) is 1. The number of esters is 1. The predicted octanol–water partition coefficient (Wildman–Crippen LogP) is 18.0. The number of nitrogens with one attached hydrogen (secondary N) is 1. The van der Waals surface area contributed by atoms with Crippen LogP contribution in [-0.4, -0.2) is 69.4 Å². The summed E-state index contributed by atoms with van der Waals surface area (Å²) in [6.45, 7) is 6.80. The van der Waals surface area contributed by atoms with Crippen LogP contribution in [0.4, 0.5) is 0 Å². The Hall–Kier alpha value is -2.29. The van der Waals surface area contributed by atoms with Crippen LogP contribution in [0, 0.1) is 0 Å². The second-order valence-electron chi connectivity index (χ2n) is 21.8. The Bertz CT molecular complexity index is 1440. The number of phosphoric ester groups is 1. The first-order valence-corrected chi connectivity index (χ1v) is 32.1. The Morgan fingerprint density at radius 3 is 1.30 bits per heavy atom. The minimum absolute atomic E-state index is 0.0262. The molecule has 9 nitrogen and oxygen atoms in total. The van der Waals surface area contributed by atoms with Crippen molar-refractivity contribution in [1.29, 1.82) is 0 Å². The molecule has 0 radical (unpaired) electrons. The summed E-state index contributed by atoms with van der Waals surface area (Å²) in [6.07, 6.45) is 66.2. The lowest BCUT2D eigenvalue weighted by Crippen LogP contribution is -2.47. The minimum Gasteiger partial charge on any atom is -0.756 e. The normalized spacial score (nSPS) is 14.1. The van der Waals surface area contributed by atoms with Crippen molar-refractivity contribution in [3.05, 3.63) is 60.8 Å². The average molecular weight is 1050 g/mol. The summed E-state index contributed by atoms with van der Waals surface area (Å²) in [5.74, 6) is -0.561. The Kier molecular flexibility index (Phi) is 51.5. The first-order chi connectivity index (χ1) is 35.4. The number of carbonyl (C=O) groups excluding carboxylic acids is 2. The van der Waals surface area contributed by atoms with Crippen LogP contribution in [0.1, 0.15) is 278 Å². The topological polar surface area (TPSA) is 114 Å². The van der Waals surface area contributed by atoms with E-state index in [4.69, 9.17) is 13.8 Å². The van der Waals surface area contributed by atoms with Gasteiger partial charge in [0.25, 0.3) is 7.82 Å². The van der Waals surface area contributed by atoms with Gasteiger partial charge in [0, 0.05) is 12.8 Å². The molecule has 0 aromatic carbocycles. The maximum atomic E-state index is 13.5. The SMILES string of the molecule is CCCCC/C=C\C/C=C\C/C=C\CCCCCCCCCCCCC(=O)NC(COP(=O)([O-])OCC[N+](C)(C)C)C(/C=C\CCCCCCCCCCC)OC(=O)CCCCC/C=C\CCCCCCCC. The summed E-state index contributed by atoms with van der Waals surface area (Å²) in [4.78, 5) is 39.9. The number of carbonyl (C=O) groups is 2. The van der Waals surface area contributed by atoms with E-state index >= 15 is 0 Å². The van der Waals surface area contributed by atoms with E-state index in [1.807, 2.05) is 33.3 Å². The number of rotatable bonds is 55. The van der Waals surface area contributed by atoms with Gasteiger partial charge in [-0.15, -0.1) is 0 Å². The molecular formula is C63H117N2O7P. The van der Waals surface area contributed by atoms with Crippen LogP contribution in [0.25, 0.3) is 0 Å². The van der Waals surface area contributed by atoms with Gasteiger partial charge in [0.05, 0.1) is 33.8 Å². The van der Waals surface area contributed by atoms with Gasteiger partial charge in [0.1, 0.15) is 19.3 Å². The van der Waals surface area contributed by atoms with Crippen LogP contribution in [0.15, 0.2) is 60.8 Å². The lowest BCUT2D eigenvalue weighted by atomic mass is 10.0. The number of amides is 1. The summed E-state index contributed by atoms with van der Waals surface area (Å²) in [5, 5.41) is 3.02. The lowest BCUT2D eigenvalue weighted by Gasteiger charge is -2.30. The van der Waals surface area contributed by atoms with E-state index in [1.165, 1.54) is 148 Å². The molecule has 0 saturated heterocycles. The molecule has 0 aliphatic rings. The highest BCUT2D eigenvalue weighted by Gasteiger charge is 2.27. The third-order valence-corrected chi connectivity index (χ3v) is 14.4. The molecule has 0 aromatic rings. The fraction of sp³-hybridized carbons (Fsp3) is 0.810. The van der Waals surface area contributed by atoms with E-state index in [1.54, 1.807) is 0 Å². The van der Waals surface area contributed by atoms with Crippen LogP contribution in [-0.2, 0) is 27.9 Å². The van der Waals surface area contributed by atoms with Crippen molar-refractivity contribution in [3.63, 3.8) is 0 Å². The van der Waals surface area contributed by atoms with Crippen molar-refractivity contribution >= 4 is 19.7 Å². The summed E-state index contributed by atoms with van der Waals surface area (Å²) in [6, 6.07) is -0.896. The number of hydrogen-bond acceptors (Lipinski definition) is 7. The highest BCUT2D eigenvalue weighted by Crippen LogP contribution is 2.38. The zero-order valence-electron chi connectivity index (χ0n) is 48.6. The molecule has 0 heterocycles. The first kappa shape index (κ1) is 70.7. The van der Waals surface area contributed by atoms with Crippen molar-refractivity contribution in [2.24, 2.45) is 0 Å². The molecule has 3 atom stereocenters. The number of hydrogen-bond donors (Lipinski definition) is 1. The van der Waals surface area contributed by atoms with Gasteiger partial charge in [-0.1, -0.05) is 230 Å². The van der Waals surface area contributed by atoms with Crippen LogP contribution in [0.5, 0.6) is 0 Å². The number of unbranched alkanes of at least 4 members (excludes halogenated alkanes) is 31. The van der Waals surface area contributed by atoms with E-state index in [2.05, 4.69) is 74.7 Å². The lowest BCUT2D eigenvalue weighted by molar-refractivity contribution is -0.870. The Morgan fingerprint density at radius 2 is 0.836 bits per heavy atom. The maximum Gasteiger partial charge on any atom is 0.306 e. The first-order valence-electron chi connectivity index (χ1n) is 30.6. The fourth-order valence-corrected chi connectivity index (χ4v) is 9.36. The molecule has 0 saturated carbocycles. The Labute approximate surface area is 451 Å². The van der Waals surface area contributed by atoms with E-state index in [0.29, 0.717) is 23.9 Å². The van der Waals surface area contributed by atoms with Crippen LogP contribution >= 0.6 is 7.82 Å². The number of likely N-dealkylation sites (N-methyl/N-ethyl adjacent to an activating group) is 1. The van der Waals surface area contributed by atoms with Crippen molar-refractivity contribution < 1.29 is 37.3 Å². The molecule has 3 unspecified atom stereocenters. The van der Waals surface area contributed by atoms with Gasteiger partial charge < -0.3 is 28.5 Å². The zero-order valence-corrected chi connectivity index (χ0v) is 49.5. The second-order valence-corrected chi connectivity index (χ2v) is 23.3. The molecule has 426 valence electrons. The monoisotopic (exact) mass is 1040 g/mol. The van der Waals surface area contributed by atoms with Crippen LogP contribution in [0.2, 0.25) is 0 Å².